The Labute approximate surface area is 149 Å². The molecular formula is C15H27IN4S. The molecule has 6 heteroatoms. The van der Waals surface area contributed by atoms with Gasteiger partial charge in [0.1, 0.15) is 0 Å². The van der Waals surface area contributed by atoms with E-state index in [1.165, 1.54) is 31.2 Å². The van der Waals surface area contributed by atoms with Crippen LogP contribution in [0.3, 0.4) is 0 Å². The lowest BCUT2D eigenvalue weighted by atomic mass is 9.96. The Morgan fingerprint density at radius 1 is 1.33 bits per heavy atom. The minimum atomic E-state index is 0. The number of hydrogen-bond donors (Lipinski definition) is 2. The molecule has 1 aromatic rings. The van der Waals surface area contributed by atoms with Crippen LogP contribution in [-0.2, 0) is 6.54 Å². The summed E-state index contributed by atoms with van der Waals surface area (Å²) in [4.78, 5) is 6.69. The fourth-order valence-electron chi connectivity index (χ4n) is 2.86. The minimum absolute atomic E-state index is 0. The Morgan fingerprint density at radius 2 is 2.05 bits per heavy atom. The van der Waals surface area contributed by atoms with E-state index < -0.39 is 0 Å². The summed E-state index contributed by atoms with van der Waals surface area (Å²) in [5, 5.41) is 11.1. The zero-order chi connectivity index (χ0) is 14.4. The van der Waals surface area contributed by atoms with Gasteiger partial charge in [0.05, 0.1) is 0 Å². The maximum absolute atomic E-state index is 4.32. The van der Waals surface area contributed by atoms with E-state index >= 15 is 0 Å². The first-order valence-electron chi connectivity index (χ1n) is 7.29. The van der Waals surface area contributed by atoms with E-state index in [1.807, 2.05) is 7.05 Å². The van der Waals surface area contributed by atoms with Crippen LogP contribution >= 0.6 is 35.3 Å². The second-order valence-corrected chi connectivity index (χ2v) is 6.52. The molecule has 0 spiro atoms. The van der Waals surface area contributed by atoms with Gasteiger partial charge >= 0.3 is 0 Å². The number of likely N-dealkylation sites (N-methyl/N-ethyl adjacent to an activating group) is 1. The van der Waals surface area contributed by atoms with Crippen molar-refractivity contribution in [3.63, 3.8) is 0 Å². The molecule has 0 aromatic carbocycles. The van der Waals surface area contributed by atoms with Crippen molar-refractivity contribution in [3.8, 4) is 0 Å². The van der Waals surface area contributed by atoms with Crippen molar-refractivity contribution in [2.24, 2.45) is 4.99 Å². The van der Waals surface area contributed by atoms with Gasteiger partial charge in [0.2, 0.25) is 0 Å². The van der Waals surface area contributed by atoms with Crippen LogP contribution in [0.5, 0.6) is 0 Å². The largest absolute Gasteiger partial charge is 0.355 e. The summed E-state index contributed by atoms with van der Waals surface area (Å²) in [6.07, 6.45) is 5.21. The van der Waals surface area contributed by atoms with E-state index in [0.29, 0.717) is 5.54 Å². The number of hydrogen-bond acceptors (Lipinski definition) is 3. The smallest absolute Gasteiger partial charge is 0.191 e. The quantitative estimate of drug-likeness (QED) is 0.436. The molecule has 0 saturated heterocycles. The third-order valence-corrected chi connectivity index (χ3v) is 5.06. The highest BCUT2D eigenvalue weighted by molar-refractivity contribution is 14.0. The molecule has 0 atom stereocenters. The molecule has 0 bridgehead atoms. The summed E-state index contributed by atoms with van der Waals surface area (Å²) in [5.41, 5.74) is 1.60. The Balaban J connectivity index is 0.00000220. The van der Waals surface area contributed by atoms with Gasteiger partial charge in [-0.25, -0.2) is 0 Å². The fraction of sp³-hybridized carbons (Fsp3) is 0.667. The van der Waals surface area contributed by atoms with Crippen LogP contribution in [0.25, 0.3) is 0 Å². The maximum atomic E-state index is 4.32. The zero-order valence-electron chi connectivity index (χ0n) is 13.2. The van der Waals surface area contributed by atoms with Gasteiger partial charge in [0, 0.05) is 25.7 Å². The second kappa shape index (κ2) is 8.95. The highest BCUT2D eigenvalue weighted by atomic mass is 127. The van der Waals surface area contributed by atoms with Gasteiger partial charge in [-0.15, -0.1) is 24.0 Å². The summed E-state index contributed by atoms with van der Waals surface area (Å²) >= 11 is 1.73. The van der Waals surface area contributed by atoms with Gasteiger partial charge in [0.25, 0.3) is 0 Å². The Bertz CT molecular complexity index is 425. The maximum Gasteiger partial charge on any atom is 0.191 e. The summed E-state index contributed by atoms with van der Waals surface area (Å²) in [5.74, 6) is 0.893. The lowest BCUT2D eigenvalue weighted by Gasteiger charge is -2.37. The SMILES string of the molecule is CN=C(NCc1ccsc1)NCC1(N(C)C)CCCC1.I. The number of guanidine groups is 1. The summed E-state index contributed by atoms with van der Waals surface area (Å²) in [6.45, 7) is 1.79. The van der Waals surface area contributed by atoms with Crippen LogP contribution in [0.15, 0.2) is 21.8 Å². The van der Waals surface area contributed by atoms with E-state index in [-0.39, 0.29) is 24.0 Å². The summed E-state index contributed by atoms with van der Waals surface area (Å²) < 4.78 is 0. The molecule has 2 N–H and O–H groups in total. The number of halogens is 1. The van der Waals surface area contributed by atoms with Gasteiger partial charge in [-0.3, -0.25) is 4.99 Å². The topological polar surface area (TPSA) is 39.7 Å². The van der Waals surface area contributed by atoms with E-state index in [1.54, 1.807) is 11.3 Å². The first kappa shape index (κ1) is 18.7. The molecule has 0 amide bonds. The standard InChI is InChI=1S/C15H26N4S.HI/c1-16-14(17-10-13-6-9-20-11-13)18-12-15(19(2)3)7-4-5-8-15;/h6,9,11H,4-5,7-8,10,12H2,1-3H3,(H2,16,17,18);1H. The van der Waals surface area contributed by atoms with Gasteiger partial charge < -0.3 is 15.5 Å². The lowest BCUT2D eigenvalue weighted by Crippen LogP contribution is -2.52. The molecule has 1 heterocycles. The molecule has 0 radical (unpaired) electrons. The van der Waals surface area contributed by atoms with Crippen molar-refractivity contribution >= 4 is 41.3 Å². The van der Waals surface area contributed by atoms with Crippen molar-refractivity contribution in [1.29, 1.82) is 0 Å². The average Bonchev–Trinajstić information content (AvgIpc) is 3.10. The third-order valence-electron chi connectivity index (χ3n) is 4.33. The number of rotatable bonds is 5. The molecule has 1 fully saturated rings. The highest BCUT2D eigenvalue weighted by Gasteiger charge is 2.35. The van der Waals surface area contributed by atoms with Crippen LogP contribution < -0.4 is 10.6 Å². The summed E-state index contributed by atoms with van der Waals surface area (Å²) in [7, 11) is 6.21. The first-order valence-corrected chi connectivity index (χ1v) is 8.24. The number of nitrogens with zero attached hydrogens (tertiary/aromatic N) is 2. The molecule has 21 heavy (non-hydrogen) atoms. The molecule has 1 aliphatic rings. The third kappa shape index (κ3) is 5.10. The monoisotopic (exact) mass is 422 g/mol. The molecule has 120 valence electrons. The van der Waals surface area contributed by atoms with Crippen LogP contribution in [0.2, 0.25) is 0 Å². The zero-order valence-corrected chi connectivity index (χ0v) is 16.3. The van der Waals surface area contributed by atoms with E-state index in [9.17, 15) is 0 Å². The Kier molecular flexibility index (Phi) is 7.97. The fourth-order valence-corrected chi connectivity index (χ4v) is 3.53. The van der Waals surface area contributed by atoms with Crippen molar-refractivity contribution < 1.29 is 0 Å². The average molecular weight is 422 g/mol. The molecular weight excluding hydrogens is 395 g/mol. The lowest BCUT2D eigenvalue weighted by molar-refractivity contribution is 0.160. The Hall–Kier alpha value is -0.340. The second-order valence-electron chi connectivity index (χ2n) is 5.74. The van der Waals surface area contributed by atoms with Gasteiger partial charge in [0.15, 0.2) is 5.96 Å². The normalized spacial score (nSPS) is 17.6. The van der Waals surface area contributed by atoms with Crippen molar-refractivity contribution in [2.75, 3.05) is 27.7 Å². The highest BCUT2D eigenvalue weighted by Crippen LogP contribution is 2.32. The van der Waals surface area contributed by atoms with Crippen molar-refractivity contribution in [2.45, 2.75) is 37.8 Å². The molecule has 1 aliphatic carbocycles. The number of nitrogens with one attached hydrogen (secondary N) is 2. The molecule has 1 saturated carbocycles. The van der Waals surface area contributed by atoms with Crippen LogP contribution in [0, 0.1) is 0 Å². The molecule has 4 nitrogen and oxygen atoms in total. The van der Waals surface area contributed by atoms with Gasteiger partial charge in [-0.2, -0.15) is 11.3 Å². The molecule has 0 aliphatic heterocycles. The van der Waals surface area contributed by atoms with Crippen molar-refractivity contribution in [3.05, 3.63) is 22.4 Å². The van der Waals surface area contributed by atoms with Crippen LogP contribution in [0.1, 0.15) is 31.2 Å². The number of thiophene rings is 1. The minimum Gasteiger partial charge on any atom is -0.355 e. The molecule has 2 rings (SSSR count). The first-order chi connectivity index (χ1) is 9.66. The van der Waals surface area contributed by atoms with E-state index in [2.05, 4.69) is 51.4 Å². The van der Waals surface area contributed by atoms with Crippen LogP contribution in [0.4, 0.5) is 0 Å². The predicted molar refractivity (Wildman–Crippen MR) is 103 cm³/mol. The molecule has 1 aromatic heterocycles. The van der Waals surface area contributed by atoms with Gasteiger partial charge in [-0.05, 0) is 49.3 Å². The molecule has 0 unspecified atom stereocenters. The summed E-state index contributed by atoms with van der Waals surface area (Å²) in [6, 6.07) is 2.14. The van der Waals surface area contributed by atoms with Gasteiger partial charge in [-0.1, -0.05) is 12.8 Å². The van der Waals surface area contributed by atoms with E-state index in [4.69, 9.17) is 0 Å². The Morgan fingerprint density at radius 3 is 2.57 bits per heavy atom. The van der Waals surface area contributed by atoms with E-state index in [0.717, 1.165) is 19.0 Å². The number of aliphatic imine (C=N–C) groups is 1. The van der Waals surface area contributed by atoms with Crippen molar-refractivity contribution in [1.82, 2.24) is 15.5 Å². The van der Waals surface area contributed by atoms with Crippen LogP contribution in [-0.4, -0.2) is 44.1 Å². The predicted octanol–water partition coefficient (Wildman–Crippen LogP) is 2.91.